The van der Waals surface area contributed by atoms with E-state index in [4.69, 9.17) is 10.3 Å². The van der Waals surface area contributed by atoms with E-state index in [9.17, 15) is 10.1 Å². The normalized spacial score (nSPS) is 18.1. The number of amides is 1. The van der Waals surface area contributed by atoms with Gasteiger partial charge in [-0.1, -0.05) is 5.11 Å². The molecule has 7 heteroatoms. The highest BCUT2D eigenvalue weighted by atomic mass is 16.6. The van der Waals surface area contributed by atoms with Gasteiger partial charge in [-0.2, -0.15) is 5.26 Å². The monoisotopic (exact) mass is 265 g/mol. The molecule has 19 heavy (non-hydrogen) atoms. The van der Waals surface area contributed by atoms with Crippen LogP contribution in [0.15, 0.2) is 5.11 Å². The van der Waals surface area contributed by atoms with Gasteiger partial charge in [0, 0.05) is 24.5 Å². The lowest BCUT2D eigenvalue weighted by atomic mass is 9.80. The van der Waals surface area contributed by atoms with E-state index in [0.717, 1.165) is 0 Å². The van der Waals surface area contributed by atoms with Crippen molar-refractivity contribution >= 4 is 6.09 Å². The number of ether oxygens (including phenoxy) is 1. The molecule has 1 fully saturated rings. The van der Waals surface area contributed by atoms with E-state index in [1.807, 2.05) is 20.8 Å². The van der Waals surface area contributed by atoms with Crippen molar-refractivity contribution in [2.24, 2.45) is 10.5 Å². The summed E-state index contributed by atoms with van der Waals surface area (Å²) in [6.07, 6.45) is 0.645. The molecule has 1 amide bonds. The van der Waals surface area contributed by atoms with Gasteiger partial charge >= 0.3 is 6.09 Å². The fourth-order valence-corrected chi connectivity index (χ4v) is 1.92. The third kappa shape index (κ3) is 4.34. The molecule has 0 aromatic carbocycles. The van der Waals surface area contributed by atoms with Gasteiger partial charge in [-0.15, -0.1) is 0 Å². The summed E-state index contributed by atoms with van der Waals surface area (Å²) in [6.45, 7) is 6.50. The Hall–Kier alpha value is -1.93. The molecule has 0 bridgehead atoms. The summed E-state index contributed by atoms with van der Waals surface area (Å²) in [4.78, 5) is 16.2. The van der Waals surface area contributed by atoms with Crippen LogP contribution < -0.4 is 0 Å². The Kier molecular flexibility index (Phi) is 4.62. The van der Waals surface area contributed by atoms with Crippen LogP contribution in [0.3, 0.4) is 0 Å². The fourth-order valence-electron chi connectivity index (χ4n) is 1.92. The number of hydrogen-bond donors (Lipinski definition) is 0. The molecular weight excluding hydrogens is 246 g/mol. The Morgan fingerprint density at radius 2 is 2.11 bits per heavy atom. The molecule has 0 atom stereocenters. The van der Waals surface area contributed by atoms with E-state index in [0.29, 0.717) is 25.9 Å². The average Bonchev–Trinajstić information content (AvgIpc) is 2.35. The number of likely N-dealkylation sites (tertiary alicyclic amines) is 1. The zero-order valence-electron chi connectivity index (χ0n) is 11.6. The van der Waals surface area contributed by atoms with Crippen LogP contribution in [0.1, 0.15) is 33.6 Å². The van der Waals surface area contributed by atoms with Crippen LogP contribution in [0, 0.1) is 16.7 Å². The number of azide groups is 1. The quantitative estimate of drug-likeness (QED) is 0.435. The molecular formula is C12H19N5O2. The topological polar surface area (TPSA) is 102 Å². The molecule has 0 radical (unpaired) electrons. The molecule has 0 aliphatic carbocycles. The number of rotatable bonds is 2. The first kappa shape index (κ1) is 15.1. The molecule has 1 aliphatic heterocycles. The maximum Gasteiger partial charge on any atom is 0.410 e. The summed E-state index contributed by atoms with van der Waals surface area (Å²) in [6, 6.07) is 2.22. The molecule has 0 aromatic heterocycles. The van der Waals surface area contributed by atoms with Gasteiger partial charge in [0.1, 0.15) is 5.60 Å². The first-order chi connectivity index (χ1) is 8.82. The maximum atomic E-state index is 11.9. The van der Waals surface area contributed by atoms with Crippen LogP contribution >= 0.6 is 0 Å². The highest BCUT2D eigenvalue weighted by Crippen LogP contribution is 2.31. The molecule has 104 valence electrons. The molecule has 0 N–H and O–H groups in total. The minimum atomic E-state index is -0.648. The number of hydrogen-bond acceptors (Lipinski definition) is 4. The number of carbonyl (C=O) groups excluding carboxylic acids is 1. The predicted molar refractivity (Wildman–Crippen MR) is 69.1 cm³/mol. The zero-order chi connectivity index (χ0) is 14.5. The molecule has 7 nitrogen and oxygen atoms in total. The number of carbonyl (C=O) groups is 1. The smallest absolute Gasteiger partial charge is 0.410 e. The van der Waals surface area contributed by atoms with Gasteiger partial charge in [-0.3, -0.25) is 0 Å². The second-order valence-corrected chi connectivity index (χ2v) is 5.75. The van der Waals surface area contributed by atoms with Crippen LogP contribution in [0.25, 0.3) is 10.4 Å². The zero-order valence-corrected chi connectivity index (χ0v) is 11.6. The molecule has 0 saturated carbocycles. The minimum Gasteiger partial charge on any atom is -0.444 e. The van der Waals surface area contributed by atoms with Crippen molar-refractivity contribution in [3.8, 4) is 6.07 Å². The summed E-state index contributed by atoms with van der Waals surface area (Å²) in [5.41, 5.74) is 7.17. The third-order valence-corrected chi connectivity index (χ3v) is 3.05. The van der Waals surface area contributed by atoms with Crippen molar-refractivity contribution in [3.63, 3.8) is 0 Å². The second-order valence-electron chi connectivity index (χ2n) is 5.75. The third-order valence-electron chi connectivity index (χ3n) is 3.05. The summed E-state index contributed by atoms with van der Waals surface area (Å²) < 4.78 is 5.28. The molecule has 1 heterocycles. The van der Waals surface area contributed by atoms with Crippen molar-refractivity contribution in [1.82, 2.24) is 4.90 Å². The summed E-state index contributed by atoms with van der Waals surface area (Å²) in [7, 11) is 0. The van der Waals surface area contributed by atoms with E-state index in [1.165, 1.54) is 0 Å². The first-order valence-electron chi connectivity index (χ1n) is 6.22. The van der Waals surface area contributed by atoms with E-state index in [2.05, 4.69) is 16.1 Å². The van der Waals surface area contributed by atoms with Gasteiger partial charge in [0.25, 0.3) is 0 Å². The van der Waals surface area contributed by atoms with Crippen LogP contribution in [-0.4, -0.2) is 36.2 Å². The minimum absolute atomic E-state index is 0.155. The van der Waals surface area contributed by atoms with Gasteiger partial charge < -0.3 is 9.64 Å². The molecule has 1 saturated heterocycles. The van der Waals surface area contributed by atoms with Gasteiger partial charge in [-0.25, -0.2) is 4.79 Å². The van der Waals surface area contributed by atoms with Crippen molar-refractivity contribution in [3.05, 3.63) is 10.4 Å². The number of piperidine rings is 1. The van der Waals surface area contributed by atoms with Crippen molar-refractivity contribution < 1.29 is 9.53 Å². The van der Waals surface area contributed by atoms with Gasteiger partial charge in [0.05, 0.1) is 11.5 Å². The lowest BCUT2D eigenvalue weighted by Crippen LogP contribution is -2.45. The average molecular weight is 265 g/mol. The Balaban J connectivity index is 2.59. The molecule has 0 aromatic rings. The molecule has 1 rings (SSSR count). The maximum absolute atomic E-state index is 11.9. The summed E-state index contributed by atoms with van der Waals surface area (Å²) >= 11 is 0. The number of nitrogens with zero attached hydrogens (tertiary/aromatic N) is 5. The summed E-state index contributed by atoms with van der Waals surface area (Å²) in [5.74, 6) is 0. The predicted octanol–water partition coefficient (Wildman–Crippen LogP) is 2.84. The Morgan fingerprint density at radius 3 is 2.53 bits per heavy atom. The Labute approximate surface area is 112 Å². The van der Waals surface area contributed by atoms with Crippen LogP contribution in [-0.2, 0) is 4.74 Å². The van der Waals surface area contributed by atoms with E-state index < -0.39 is 11.0 Å². The van der Waals surface area contributed by atoms with Crippen LogP contribution in [0.5, 0.6) is 0 Å². The van der Waals surface area contributed by atoms with E-state index in [1.54, 1.807) is 4.90 Å². The SMILES string of the molecule is CC(C)(C)OC(=O)N1CCC(C#N)(CN=[N+]=[N-])CC1. The van der Waals surface area contributed by atoms with Crippen LogP contribution in [0.2, 0.25) is 0 Å². The lowest BCUT2D eigenvalue weighted by Gasteiger charge is -2.37. The van der Waals surface area contributed by atoms with Crippen molar-refractivity contribution in [1.29, 1.82) is 5.26 Å². The Morgan fingerprint density at radius 1 is 1.53 bits per heavy atom. The Bertz CT molecular complexity index is 420. The lowest BCUT2D eigenvalue weighted by molar-refractivity contribution is 0.0153. The fraction of sp³-hybridized carbons (Fsp3) is 0.833. The second kappa shape index (κ2) is 5.81. The highest BCUT2D eigenvalue weighted by molar-refractivity contribution is 5.68. The van der Waals surface area contributed by atoms with Crippen LogP contribution in [0.4, 0.5) is 4.79 Å². The highest BCUT2D eigenvalue weighted by Gasteiger charge is 2.36. The molecule has 0 unspecified atom stereocenters. The van der Waals surface area contributed by atoms with Gasteiger partial charge in [0.15, 0.2) is 0 Å². The molecule has 1 aliphatic rings. The first-order valence-corrected chi connectivity index (χ1v) is 6.22. The van der Waals surface area contributed by atoms with Gasteiger partial charge in [0.2, 0.25) is 0 Å². The van der Waals surface area contributed by atoms with E-state index >= 15 is 0 Å². The van der Waals surface area contributed by atoms with E-state index in [-0.39, 0.29) is 12.6 Å². The molecule has 0 spiro atoms. The van der Waals surface area contributed by atoms with Crippen molar-refractivity contribution in [2.45, 2.75) is 39.2 Å². The van der Waals surface area contributed by atoms with Crippen molar-refractivity contribution in [2.75, 3.05) is 19.6 Å². The standard InChI is InChI=1S/C12H19N5O2/c1-11(2,3)19-10(18)17-6-4-12(8-13,5-7-17)9-15-16-14/h4-7,9H2,1-3H3. The largest absolute Gasteiger partial charge is 0.444 e. The summed E-state index contributed by atoms with van der Waals surface area (Å²) in [5, 5.41) is 12.7. The number of nitriles is 1. The van der Waals surface area contributed by atoms with Gasteiger partial charge in [-0.05, 0) is 39.1 Å².